The summed E-state index contributed by atoms with van der Waals surface area (Å²) < 4.78 is 5.26. The Balaban J connectivity index is 1.69. The molecule has 0 N–H and O–H groups in total. The molecule has 0 saturated carbocycles. The number of esters is 1. The van der Waals surface area contributed by atoms with E-state index in [1.54, 1.807) is 66.1 Å². The van der Waals surface area contributed by atoms with Crippen LogP contribution < -0.4 is 4.74 Å². The van der Waals surface area contributed by atoms with Crippen LogP contribution in [0.15, 0.2) is 66.1 Å². The summed E-state index contributed by atoms with van der Waals surface area (Å²) in [4.78, 5) is 24.7. The van der Waals surface area contributed by atoms with Crippen LogP contribution in [0, 0.1) is 0 Å². The molecular weight excluding hydrogens is 391 g/mol. The zero-order valence-corrected chi connectivity index (χ0v) is 15.6. The molecule has 3 aromatic rings. The number of hydrogen-bond donors (Lipinski definition) is 0. The summed E-state index contributed by atoms with van der Waals surface area (Å²) in [6.07, 6.45) is 2.98. The highest BCUT2D eigenvalue weighted by atomic mass is 35.5. The molecule has 0 atom stereocenters. The lowest BCUT2D eigenvalue weighted by Gasteiger charge is -2.04. The average Bonchev–Trinajstić information content (AvgIpc) is 3.16. The van der Waals surface area contributed by atoms with Crippen molar-refractivity contribution >= 4 is 52.4 Å². The molecule has 0 aliphatic carbocycles. The molecule has 3 rings (SSSR count). The van der Waals surface area contributed by atoms with Crippen molar-refractivity contribution in [1.82, 2.24) is 0 Å². The third-order valence-corrected chi connectivity index (χ3v) is 4.98. The maximum absolute atomic E-state index is 12.3. The minimum Gasteiger partial charge on any atom is -0.422 e. The van der Waals surface area contributed by atoms with Crippen LogP contribution in [0.25, 0.3) is 6.08 Å². The molecule has 0 amide bonds. The minimum absolute atomic E-state index is 0.211. The van der Waals surface area contributed by atoms with Crippen molar-refractivity contribution in [2.24, 2.45) is 0 Å². The maximum atomic E-state index is 12.3. The molecule has 0 unspecified atom stereocenters. The fourth-order valence-corrected chi connectivity index (χ4v) is 3.29. The number of ketones is 1. The van der Waals surface area contributed by atoms with E-state index in [1.807, 2.05) is 0 Å². The van der Waals surface area contributed by atoms with Crippen molar-refractivity contribution in [2.45, 2.75) is 0 Å². The van der Waals surface area contributed by atoms with E-state index in [0.29, 0.717) is 31.8 Å². The van der Waals surface area contributed by atoms with Crippen LogP contribution in [-0.2, 0) is 0 Å². The van der Waals surface area contributed by atoms with Crippen molar-refractivity contribution in [1.29, 1.82) is 0 Å². The number of carbonyl (C=O) groups excluding carboxylic acids is 2. The number of ether oxygens (including phenoxy) is 1. The van der Waals surface area contributed by atoms with Gasteiger partial charge in [-0.25, -0.2) is 4.79 Å². The first-order valence-corrected chi connectivity index (χ1v) is 9.20. The molecule has 0 bridgehead atoms. The number of rotatable bonds is 5. The quantitative estimate of drug-likeness (QED) is 0.221. The fraction of sp³-hybridized carbons (Fsp3) is 0. The maximum Gasteiger partial charge on any atom is 0.353 e. The topological polar surface area (TPSA) is 43.4 Å². The average molecular weight is 403 g/mol. The van der Waals surface area contributed by atoms with Crippen LogP contribution in [-0.4, -0.2) is 11.8 Å². The number of thiophene rings is 1. The van der Waals surface area contributed by atoms with E-state index in [9.17, 15) is 9.59 Å². The Bertz CT molecular complexity index is 941. The molecular formula is C20H12Cl2O3S. The van der Waals surface area contributed by atoms with E-state index in [1.165, 1.54) is 17.4 Å². The van der Waals surface area contributed by atoms with Gasteiger partial charge in [-0.3, -0.25) is 4.79 Å². The summed E-state index contributed by atoms with van der Waals surface area (Å²) in [5.74, 6) is -0.262. The van der Waals surface area contributed by atoms with E-state index < -0.39 is 5.97 Å². The Morgan fingerprint density at radius 3 is 2.23 bits per heavy atom. The summed E-state index contributed by atoms with van der Waals surface area (Å²) in [7, 11) is 0. The second-order valence-electron chi connectivity index (χ2n) is 5.22. The van der Waals surface area contributed by atoms with Gasteiger partial charge in [0.1, 0.15) is 10.6 Å². The highest BCUT2D eigenvalue weighted by Gasteiger charge is 2.10. The lowest BCUT2D eigenvalue weighted by Crippen LogP contribution is -2.06. The van der Waals surface area contributed by atoms with Gasteiger partial charge in [0.25, 0.3) is 0 Å². The molecule has 0 saturated heterocycles. The second kappa shape index (κ2) is 8.32. The fourth-order valence-electron chi connectivity index (χ4n) is 2.16. The van der Waals surface area contributed by atoms with Crippen molar-refractivity contribution in [3.05, 3.63) is 92.1 Å². The standard InChI is InChI=1S/C20H12Cl2O3S/c21-16-3-1-4-17(22)15(16)10-11-18(23)13-6-8-14(9-7-13)25-20(24)19-5-2-12-26-19/h1-12H. The van der Waals surface area contributed by atoms with Gasteiger partial charge in [-0.05, 0) is 60.0 Å². The van der Waals surface area contributed by atoms with Gasteiger partial charge < -0.3 is 4.74 Å². The van der Waals surface area contributed by atoms with Crippen LogP contribution in [0.1, 0.15) is 25.6 Å². The van der Waals surface area contributed by atoms with Gasteiger partial charge in [0, 0.05) is 21.2 Å². The Morgan fingerprint density at radius 1 is 0.923 bits per heavy atom. The highest BCUT2D eigenvalue weighted by molar-refractivity contribution is 7.12. The lowest BCUT2D eigenvalue weighted by molar-refractivity contribution is 0.0740. The molecule has 3 nitrogen and oxygen atoms in total. The smallest absolute Gasteiger partial charge is 0.353 e. The summed E-state index contributed by atoms with van der Waals surface area (Å²) in [5.41, 5.74) is 1.05. The van der Waals surface area contributed by atoms with E-state index in [-0.39, 0.29) is 5.78 Å². The first-order valence-electron chi connectivity index (χ1n) is 7.57. The summed E-state index contributed by atoms with van der Waals surface area (Å²) >= 11 is 13.5. The van der Waals surface area contributed by atoms with Gasteiger partial charge >= 0.3 is 5.97 Å². The SMILES string of the molecule is O=C(C=Cc1c(Cl)cccc1Cl)c1ccc(OC(=O)c2cccs2)cc1. The Kier molecular flexibility index (Phi) is 5.89. The van der Waals surface area contributed by atoms with E-state index >= 15 is 0 Å². The van der Waals surface area contributed by atoms with Gasteiger partial charge in [0.05, 0.1) is 0 Å². The summed E-state index contributed by atoms with van der Waals surface area (Å²) in [5, 5.41) is 2.74. The third kappa shape index (κ3) is 4.41. The van der Waals surface area contributed by atoms with Crippen molar-refractivity contribution in [2.75, 3.05) is 0 Å². The lowest BCUT2D eigenvalue weighted by atomic mass is 10.1. The highest BCUT2D eigenvalue weighted by Crippen LogP contribution is 2.25. The molecule has 0 aliphatic heterocycles. The van der Waals surface area contributed by atoms with Crippen LogP contribution in [0.5, 0.6) is 5.75 Å². The van der Waals surface area contributed by atoms with E-state index in [4.69, 9.17) is 27.9 Å². The summed E-state index contributed by atoms with van der Waals surface area (Å²) in [6.45, 7) is 0. The van der Waals surface area contributed by atoms with Gasteiger partial charge in [-0.15, -0.1) is 11.3 Å². The minimum atomic E-state index is -0.424. The van der Waals surface area contributed by atoms with Gasteiger partial charge in [-0.1, -0.05) is 35.3 Å². The first-order chi connectivity index (χ1) is 12.5. The van der Waals surface area contributed by atoms with Gasteiger partial charge in [-0.2, -0.15) is 0 Å². The number of carbonyl (C=O) groups is 2. The normalized spacial score (nSPS) is 10.8. The molecule has 6 heteroatoms. The molecule has 26 heavy (non-hydrogen) atoms. The molecule has 1 aromatic heterocycles. The van der Waals surface area contributed by atoms with Crippen molar-refractivity contribution < 1.29 is 14.3 Å². The Labute approximate surface area is 164 Å². The van der Waals surface area contributed by atoms with Gasteiger partial charge in [0.15, 0.2) is 5.78 Å². The zero-order valence-electron chi connectivity index (χ0n) is 13.3. The molecule has 2 aromatic carbocycles. The summed E-state index contributed by atoms with van der Waals surface area (Å²) in [6, 6.07) is 15.0. The van der Waals surface area contributed by atoms with E-state index in [2.05, 4.69) is 0 Å². The molecule has 0 spiro atoms. The number of hydrogen-bond acceptors (Lipinski definition) is 4. The van der Waals surface area contributed by atoms with Crippen LogP contribution in [0.4, 0.5) is 0 Å². The number of benzene rings is 2. The monoisotopic (exact) mass is 402 g/mol. The van der Waals surface area contributed by atoms with Crippen LogP contribution in [0.3, 0.4) is 0 Å². The molecule has 0 radical (unpaired) electrons. The first kappa shape index (κ1) is 18.4. The number of allylic oxidation sites excluding steroid dienone is 1. The zero-order chi connectivity index (χ0) is 18.5. The predicted molar refractivity (Wildman–Crippen MR) is 106 cm³/mol. The third-order valence-electron chi connectivity index (χ3n) is 3.47. The second-order valence-corrected chi connectivity index (χ2v) is 6.99. The largest absolute Gasteiger partial charge is 0.422 e. The van der Waals surface area contributed by atoms with Crippen molar-refractivity contribution in [3.63, 3.8) is 0 Å². The predicted octanol–water partition coefficient (Wildman–Crippen LogP) is 6.17. The molecule has 1 heterocycles. The molecule has 130 valence electrons. The Hall–Kier alpha value is -2.40. The van der Waals surface area contributed by atoms with Crippen LogP contribution >= 0.6 is 34.5 Å². The van der Waals surface area contributed by atoms with Crippen LogP contribution in [0.2, 0.25) is 10.0 Å². The Morgan fingerprint density at radius 2 is 1.62 bits per heavy atom. The molecule has 0 fully saturated rings. The van der Waals surface area contributed by atoms with E-state index in [0.717, 1.165) is 0 Å². The van der Waals surface area contributed by atoms with Crippen molar-refractivity contribution in [3.8, 4) is 5.75 Å². The molecule has 0 aliphatic rings. The van der Waals surface area contributed by atoms with Gasteiger partial charge in [0.2, 0.25) is 0 Å². The number of halogens is 2.